The SMILES string of the molecule is C[C@H](NS(C)(=O)=O)c1ccc(S(=O)(=O)c2cc(Cl)ccc2S(=O)(=O)c2ccccc2F)cc1. The van der Waals surface area contributed by atoms with Crippen LogP contribution < -0.4 is 4.72 Å². The first-order chi connectivity index (χ1) is 15.2. The van der Waals surface area contributed by atoms with Gasteiger partial charge in [-0.15, -0.1) is 0 Å². The lowest BCUT2D eigenvalue weighted by atomic mass is 10.1. The summed E-state index contributed by atoms with van der Waals surface area (Å²) in [6.07, 6.45) is 0.999. The molecule has 0 aliphatic carbocycles. The molecule has 0 heterocycles. The zero-order valence-corrected chi connectivity index (χ0v) is 20.6. The van der Waals surface area contributed by atoms with E-state index < -0.39 is 56.2 Å². The third kappa shape index (κ3) is 5.44. The Bertz CT molecular complexity index is 1520. The minimum atomic E-state index is -4.54. The predicted octanol–water partition coefficient (Wildman–Crippen LogP) is 3.75. The molecule has 1 atom stereocenters. The van der Waals surface area contributed by atoms with Crippen LogP contribution in [0.4, 0.5) is 4.39 Å². The standard InChI is InChI=1S/C21H19ClFNO6S3/c1-14(24-31(2,25)26)15-7-10-17(11-8-15)32(27,28)21-13-16(22)9-12-20(21)33(29,30)19-6-4-3-5-18(19)23/h3-14,24H,1-2H3/t14-/m0/s1. The summed E-state index contributed by atoms with van der Waals surface area (Å²) in [5.41, 5.74) is 0.490. The van der Waals surface area contributed by atoms with E-state index in [1.807, 2.05) is 0 Å². The van der Waals surface area contributed by atoms with Gasteiger partial charge in [0, 0.05) is 11.1 Å². The lowest BCUT2D eigenvalue weighted by molar-refractivity contribution is 0.562. The van der Waals surface area contributed by atoms with Gasteiger partial charge in [0.2, 0.25) is 29.7 Å². The highest BCUT2D eigenvalue weighted by Crippen LogP contribution is 2.34. The molecule has 0 amide bonds. The van der Waals surface area contributed by atoms with Crippen molar-refractivity contribution in [2.24, 2.45) is 0 Å². The van der Waals surface area contributed by atoms with Crippen LogP contribution in [0.5, 0.6) is 0 Å². The minimum absolute atomic E-state index is 0.0244. The maximum absolute atomic E-state index is 14.2. The van der Waals surface area contributed by atoms with E-state index in [2.05, 4.69) is 4.72 Å². The molecule has 7 nitrogen and oxygen atoms in total. The molecule has 0 radical (unpaired) electrons. The average Bonchev–Trinajstić information content (AvgIpc) is 2.72. The maximum atomic E-state index is 14.2. The van der Waals surface area contributed by atoms with Crippen LogP contribution in [0.25, 0.3) is 0 Å². The van der Waals surface area contributed by atoms with E-state index in [4.69, 9.17) is 11.6 Å². The molecule has 0 aromatic heterocycles. The zero-order valence-electron chi connectivity index (χ0n) is 17.4. The van der Waals surface area contributed by atoms with Crippen LogP contribution in [0, 0.1) is 5.82 Å². The smallest absolute Gasteiger partial charge is 0.210 e. The number of hydrogen-bond donors (Lipinski definition) is 1. The van der Waals surface area contributed by atoms with Crippen LogP contribution in [0.2, 0.25) is 5.02 Å². The maximum Gasteiger partial charge on any atom is 0.210 e. The van der Waals surface area contributed by atoms with Crippen LogP contribution in [0.1, 0.15) is 18.5 Å². The molecule has 33 heavy (non-hydrogen) atoms. The van der Waals surface area contributed by atoms with Gasteiger partial charge in [-0.05, 0) is 55.0 Å². The van der Waals surface area contributed by atoms with Gasteiger partial charge in [-0.1, -0.05) is 35.9 Å². The van der Waals surface area contributed by atoms with Gasteiger partial charge in [0.05, 0.1) is 20.9 Å². The summed E-state index contributed by atoms with van der Waals surface area (Å²) in [5.74, 6) is -1.02. The van der Waals surface area contributed by atoms with E-state index >= 15 is 0 Å². The van der Waals surface area contributed by atoms with Crippen LogP contribution in [0.15, 0.2) is 86.3 Å². The van der Waals surface area contributed by atoms with Crippen molar-refractivity contribution in [1.29, 1.82) is 0 Å². The Labute approximate surface area is 197 Å². The van der Waals surface area contributed by atoms with Gasteiger partial charge in [0.1, 0.15) is 10.7 Å². The number of halogens is 2. The summed E-state index contributed by atoms with van der Waals surface area (Å²) < 4.78 is 92.4. The molecule has 0 saturated heterocycles. The van der Waals surface area contributed by atoms with Gasteiger partial charge in [-0.2, -0.15) is 0 Å². The molecule has 0 saturated carbocycles. The summed E-state index contributed by atoms with van der Waals surface area (Å²) in [4.78, 5) is -2.13. The first-order valence-electron chi connectivity index (χ1n) is 9.35. The van der Waals surface area contributed by atoms with E-state index in [1.165, 1.54) is 42.5 Å². The summed E-state index contributed by atoms with van der Waals surface area (Å²) in [6.45, 7) is 1.58. The Morgan fingerprint density at radius 3 is 1.97 bits per heavy atom. The highest BCUT2D eigenvalue weighted by molar-refractivity contribution is 7.94. The number of sulfone groups is 2. The van der Waals surface area contributed by atoms with Crippen molar-refractivity contribution >= 4 is 41.3 Å². The van der Waals surface area contributed by atoms with Crippen molar-refractivity contribution < 1.29 is 29.6 Å². The molecule has 0 bridgehead atoms. The molecule has 12 heteroatoms. The predicted molar refractivity (Wildman–Crippen MR) is 122 cm³/mol. The van der Waals surface area contributed by atoms with Crippen LogP contribution in [-0.2, 0) is 29.7 Å². The van der Waals surface area contributed by atoms with Gasteiger partial charge in [-0.3, -0.25) is 0 Å². The van der Waals surface area contributed by atoms with E-state index in [-0.39, 0.29) is 9.92 Å². The fraction of sp³-hybridized carbons (Fsp3) is 0.143. The van der Waals surface area contributed by atoms with Crippen LogP contribution >= 0.6 is 11.6 Å². The van der Waals surface area contributed by atoms with Crippen molar-refractivity contribution in [3.63, 3.8) is 0 Å². The van der Waals surface area contributed by atoms with Gasteiger partial charge in [-0.25, -0.2) is 34.4 Å². The molecule has 3 rings (SSSR count). The Hall–Kier alpha value is -2.31. The number of hydrogen-bond acceptors (Lipinski definition) is 6. The second-order valence-corrected chi connectivity index (χ2v) is 13.2. The molecule has 0 aliphatic heterocycles. The van der Waals surface area contributed by atoms with Crippen molar-refractivity contribution in [3.8, 4) is 0 Å². The Balaban J connectivity index is 2.12. The molecular weight excluding hydrogens is 513 g/mol. The third-order valence-corrected chi connectivity index (χ3v) is 9.49. The monoisotopic (exact) mass is 531 g/mol. The topological polar surface area (TPSA) is 114 Å². The molecule has 0 unspecified atom stereocenters. The van der Waals surface area contributed by atoms with E-state index in [1.54, 1.807) is 6.92 Å². The van der Waals surface area contributed by atoms with E-state index in [0.717, 1.165) is 30.5 Å². The Kier molecular flexibility index (Phi) is 7.02. The second kappa shape index (κ2) is 9.15. The quantitative estimate of drug-likeness (QED) is 0.496. The number of sulfonamides is 1. The molecule has 3 aromatic carbocycles. The largest absolute Gasteiger partial charge is 0.218 e. The lowest BCUT2D eigenvalue weighted by Gasteiger charge is -2.15. The van der Waals surface area contributed by atoms with Crippen LogP contribution in [-0.4, -0.2) is 31.5 Å². The van der Waals surface area contributed by atoms with Gasteiger partial charge in [0.15, 0.2) is 0 Å². The molecule has 3 aromatic rings. The highest BCUT2D eigenvalue weighted by atomic mass is 35.5. The normalized spacial score (nSPS) is 13.6. The van der Waals surface area contributed by atoms with Gasteiger partial charge in [0.25, 0.3) is 0 Å². The van der Waals surface area contributed by atoms with Gasteiger partial charge >= 0.3 is 0 Å². The Morgan fingerprint density at radius 2 is 1.39 bits per heavy atom. The van der Waals surface area contributed by atoms with Crippen molar-refractivity contribution in [2.75, 3.05) is 6.26 Å². The van der Waals surface area contributed by atoms with Crippen molar-refractivity contribution in [3.05, 3.63) is 83.1 Å². The summed E-state index contributed by atoms with van der Waals surface area (Å²) in [6, 6.07) is 12.5. The molecule has 0 fully saturated rings. The van der Waals surface area contributed by atoms with Gasteiger partial charge < -0.3 is 0 Å². The summed E-state index contributed by atoms with van der Waals surface area (Å²) in [5, 5.41) is -0.0244. The van der Waals surface area contributed by atoms with Crippen LogP contribution in [0.3, 0.4) is 0 Å². The third-order valence-electron chi connectivity index (χ3n) is 4.69. The molecule has 1 N–H and O–H groups in total. The number of benzene rings is 3. The van der Waals surface area contributed by atoms with Crippen molar-refractivity contribution in [2.45, 2.75) is 32.5 Å². The minimum Gasteiger partial charge on any atom is -0.218 e. The van der Waals surface area contributed by atoms with E-state index in [9.17, 15) is 29.6 Å². The molecule has 0 spiro atoms. The zero-order chi connectivity index (χ0) is 24.6. The van der Waals surface area contributed by atoms with E-state index in [0.29, 0.717) is 5.56 Å². The molecule has 0 aliphatic rings. The summed E-state index contributed by atoms with van der Waals surface area (Å²) in [7, 11) is -12.4. The number of rotatable bonds is 7. The molecular formula is C21H19ClFNO6S3. The average molecular weight is 532 g/mol. The number of nitrogens with one attached hydrogen (secondary N) is 1. The summed E-state index contributed by atoms with van der Waals surface area (Å²) >= 11 is 5.97. The highest BCUT2D eigenvalue weighted by Gasteiger charge is 2.31. The second-order valence-electron chi connectivity index (χ2n) is 7.21. The first kappa shape index (κ1) is 25.3. The Morgan fingerprint density at radius 1 is 0.788 bits per heavy atom. The fourth-order valence-corrected chi connectivity index (χ4v) is 7.57. The van der Waals surface area contributed by atoms with Crippen molar-refractivity contribution in [1.82, 2.24) is 4.72 Å². The molecule has 176 valence electrons. The fourth-order valence-electron chi connectivity index (χ4n) is 3.15. The first-order valence-corrected chi connectivity index (χ1v) is 14.6. The lowest BCUT2D eigenvalue weighted by Crippen LogP contribution is -2.25.